The molecule has 1 aromatic carbocycles. The van der Waals surface area contributed by atoms with E-state index in [1.165, 1.54) is 11.3 Å². The van der Waals surface area contributed by atoms with Crippen LogP contribution in [0.2, 0.25) is 0 Å². The van der Waals surface area contributed by atoms with Gasteiger partial charge in [0.25, 0.3) is 5.91 Å². The van der Waals surface area contributed by atoms with Crippen LogP contribution in [0.5, 0.6) is 0 Å². The summed E-state index contributed by atoms with van der Waals surface area (Å²) in [5.41, 5.74) is 1.48. The zero-order chi connectivity index (χ0) is 15.5. The Labute approximate surface area is 133 Å². The van der Waals surface area contributed by atoms with Gasteiger partial charge in [0.1, 0.15) is 16.5 Å². The molecule has 0 bridgehead atoms. The molecule has 22 heavy (non-hydrogen) atoms. The maximum atomic E-state index is 12.6. The topological polar surface area (TPSA) is 46.3 Å². The van der Waals surface area contributed by atoms with Crippen LogP contribution < -0.4 is 0 Å². The quantitative estimate of drug-likeness (QED) is 0.724. The summed E-state index contributed by atoms with van der Waals surface area (Å²) in [6, 6.07) is 13.4. The van der Waals surface area contributed by atoms with Crippen molar-refractivity contribution in [1.29, 1.82) is 0 Å². The molecular weight excluding hydrogens is 296 g/mol. The predicted molar refractivity (Wildman–Crippen MR) is 86.8 cm³/mol. The minimum absolute atomic E-state index is 0.109. The molecular formula is C17H16N2O2S. The fourth-order valence-electron chi connectivity index (χ4n) is 2.16. The molecule has 0 radical (unpaired) electrons. The van der Waals surface area contributed by atoms with Gasteiger partial charge in [0.05, 0.1) is 12.3 Å². The lowest BCUT2D eigenvalue weighted by atomic mass is 10.2. The highest BCUT2D eigenvalue weighted by Gasteiger charge is 2.22. The third-order valence-corrected chi connectivity index (χ3v) is 4.49. The summed E-state index contributed by atoms with van der Waals surface area (Å²) >= 11 is 1.48. The Morgan fingerprint density at radius 2 is 2.00 bits per heavy atom. The highest BCUT2D eigenvalue weighted by molar-refractivity contribution is 7.13. The molecule has 0 spiro atoms. The first-order chi connectivity index (χ1) is 10.7. The molecule has 0 aliphatic rings. The maximum Gasteiger partial charge on any atom is 0.273 e. The number of furan rings is 1. The van der Waals surface area contributed by atoms with Crippen LogP contribution in [0.3, 0.4) is 0 Å². The number of carbonyl (C=O) groups excluding carboxylic acids is 1. The van der Waals surface area contributed by atoms with Gasteiger partial charge < -0.3 is 9.32 Å². The Hall–Kier alpha value is -2.40. The molecule has 2 heterocycles. The van der Waals surface area contributed by atoms with Crippen LogP contribution in [0.15, 0.2) is 58.5 Å². The first kappa shape index (κ1) is 14.5. The zero-order valence-electron chi connectivity index (χ0n) is 12.4. The van der Waals surface area contributed by atoms with Crippen LogP contribution in [0.1, 0.15) is 29.2 Å². The molecule has 0 fully saturated rings. The highest BCUT2D eigenvalue weighted by atomic mass is 32.1. The lowest BCUT2D eigenvalue weighted by Gasteiger charge is -2.22. The fraction of sp³-hybridized carbons (Fsp3) is 0.176. The average molecular weight is 312 g/mol. The van der Waals surface area contributed by atoms with Gasteiger partial charge in [-0.3, -0.25) is 4.79 Å². The van der Waals surface area contributed by atoms with Crippen LogP contribution in [0, 0.1) is 0 Å². The zero-order valence-corrected chi connectivity index (χ0v) is 13.2. The van der Waals surface area contributed by atoms with Crippen LogP contribution >= 0.6 is 11.3 Å². The molecule has 3 rings (SSSR count). The van der Waals surface area contributed by atoms with Crippen molar-refractivity contribution in [2.24, 2.45) is 0 Å². The second-order valence-electron chi connectivity index (χ2n) is 5.01. The van der Waals surface area contributed by atoms with E-state index in [1.54, 1.807) is 23.6 Å². The summed E-state index contributed by atoms with van der Waals surface area (Å²) in [5.74, 6) is 0.650. The lowest BCUT2D eigenvalue weighted by Crippen LogP contribution is -2.29. The van der Waals surface area contributed by atoms with E-state index in [9.17, 15) is 4.79 Å². The van der Waals surface area contributed by atoms with Crippen LogP contribution in [-0.2, 0) is 0 Å². The summed E-state index contributed by atoms with van der Waals surface area (Å²) in [7, 11) is 1.76. The van der Waals surface area contributed by atoms with E-state index >= 15 is 0 Å². The van der Waals surface area contributed by atoms with Crippen molar-refractivity contribution in [2.75, 3.05) is 7.05 Å². The summed E-state index contributed by atoms with van der Waals surface area (Å²) in [6.45, 7) is 1.93. The number of hydrogen-bond acceptors (Lipinski definition) is 4. The number of benzene rings is 1. The van der Waals surface area contributed by atoms with E-state index in [1.807, 2.05) is 49.4 Å². The van der Waals surface area contributed by atoms with E-state index in [4.69, 9.17) is 4.42 Å². The van der Waals surface area contributed by atoms with Gasteiger partial charge in [-0.1, -0.05) is 30.3 Å². The lowest BCUT2D eigenvalue weighted by molar-refractivity contribution is 0.0721. The fourth-order valence-corrected chi connectivity index (χ4v) is 2.96. The van der Waals surface area contributed by atoms with E-state index < -0.39 is 0 Å². The first-order valence-corrected chi connectivity index (χ1v) is 7.86. The van der Waals surface area contributed by atoms with E-state index in [0.717, 1.165) is 16.3 Å². The Morgan fingerprint density at radius 1 is 1.23 bits per heavy atom. The van der Waals surface area contributed by atoms with E-state index in [2.05, 4.69) is 4.98 Å². The van der Waals surface area contributed by atoms with Crippen molar-refractivity contribution in [3.63, 3.8) is 0 Å². The SMILES string of the molecule is CC(c1ccco1)N(C)C(=O)c1csc(-c2ccccc2)n1. The second-order valence-corrected chi connectivity index (χ2v) is 5.87. The van der Waals surface area contributed by atoms with Crippen LogP contribution in [0.4, 0.5) is 0 Å². The summed E-state index contributed by atoms with van der Waals surface area (Å²) in [4.78, 5) is 18.7. The minimum atomic E-state index is -0.135. The molecule has 0 aliphatic heterocycles. The van der Waals surface area contributed by atoms with Gasteiger partial charge in [-0.2, -0.15) is 0 Å². The summed E-state index contributed by atoms with van der Waals surface area (Å²) in [5, 5.41) is 2.65. The molecule has 5 heteroatoms. The summed E-state index contributed by atoms with van der Waals surface area (Å²) < 4.78 is 5.37. The minimum Gasteiger partial charge on any atom is -0.467 e. The standard InChI is InChI=1S/C17H16N2O2S/c1-12(15-9-6-10-21-15)19(2)17(20)14-11-22-16(18-14)13-7-4-3-5-8-13/h3-12H,1-2H3. The maximum absolute atomic E-state index is 12.6. The number of amides is 1. The van der Waals surface area contributed by atoms with Crippen molar-refractivity contribution < 1.29 is 9.21 Å². The monoisotopic (exact) mass is 312 g/mol. The van der Waals surface area contributed by atoms with Crippen LogP contribution in [-0.4, -0.2) is 22.8 Å². The Balaban J connectivity index is 1.80. The molecule has 0 saturated heterocycles. The van der Waals surface area contributed by atoms with Gasteiger partial charge in [-0.15, -0.1) is 11.3 Å². The molecule has 0 N–H and O–H groups in total. The van der Waals surface area contributed by atoms with Crippen molar-refractivity contribution in [3.05, 3.63) is 65.6 Å². The average Bonchev–Trinajstić information content (AvgIpc) is 3.25. The van der Waals surface area contributed by atoms with Gasteiger partial charge >= 0.3 is 0 Å². The van der Waals surface area contributed by atoms with Crippen molar-refractivity contribution in [2.45, 2.75) is 13.0 Å². The van der Waals surface area contributed by atoms with Crippen molar-refractivity contribution in [3.8, 4) is 10.6 Å². The van der Waals surface area contributed by atoms with Gasteiger partial charge in [0.15, 0.2) is 0 Å². The second kappa shape index (κ2) is 6.15. The van der Waals surface area contributed by atoms with E-state index in [0.29, 0.717) is 5.69 Å². The smallest absolute Gasteiger partial charge is 0.273 e. The highest BCUT2D eigenvalue weighted by Crippen LogP contribution is 2.26. The predicted octanol–water partition coefficient (Wildman–Crippen LogP) is 4.24. The molecule has 0 aliphatic carbocycles. The third-order valence-electron chi connectivity index (χ3n) is 3.60. The Bertz CT molecular complexity index is 750. The number of carbonyl (C=O) groups is 1. The normalized spacial score (nSPS) is 12.1. The first-order valence-electron chi connectivity index (χ1n) is 6.98. The van der Waals surface area contributed by atoms with E-state index in [-0.39, 0.29) is 11.9 Å². The molecule has 3 aromatic rings. The molecule has 1 atom stereocenters. The molecule has 1 unspecified atom stereocenters. The molecule has 4 nitrogen and oxygen atoms in total. The number of aromatic nitrogens is 1. The van der Waals surface area contributed by atoms with Crippen molar-refractivity contribution >= 4 is 17.2 Å². The Kier molecular flexibility index (Phi) is 4.06. The number of nitrogens with zero attached hydrogens (tertiary/aromatic N) is 2. The molecule has 0 saturated carbocycles. The molecule has 1 amide bonds. The number of hydrogen-bond donors (Lipinski definition) is 0. The van der Waals surface area contributed by atoms with Gasteiger partial charge in [-0.25, -0.2) is 4.98 Å². The summed E-state index contributed by atoms with van der Waals surface area (Å²) in [6.07, 6.45) is 1.61. The largest absolute Gasteiger partial charge is 0.467 e. The van der Waals surface area contributed by atoms with Crippen LogP contribution in [0.25, 0.3) is 10.6 Å². The third kappa shape index (κ3) is 2.80. The molecule has 112 valence electrons. The van der Waals surface area contributed by atoms with Gasteiger partial charge in [0.2, 0.25) is 0 Å². The number of thiazole rings is 1. The Morgan fingerprint density at radius 3 is 2.68 bits per heavy atom. The van der Waals surface area contributed by atoms with Gasteiger partial charge in [0, 0.05) is 18.0 Å². The van der Waals surface area contributed by atoms with Gasteiger partial charge in [-0.05, 0) is 19.1 Å². The van der Waals surface area contributed by atoms with Crippen molar-refractivity contribution in [1.82, 2.24) is 9.88 Å². The number of rotatable bonds is 4. The molecule has 2 aromatic heterocycles.